The number of hydrogen-bond acceptors (Lipinski definition) is 7. The van der Waals surface area contributed by atoms with E-state index in [1.807, 2.05) is 55.5 Å². The van der Waals surface area contributed by atoms with E-state index in [1.54, 1.807) is 24.5 Å². The van der Waals surface area contributed by atoms with Crippen molar-refractivity contribution >= 4 is 23.4 Å². The third-order valence-electron chi connectivity index (χ3n) is 6.36. The molecule has 204 valence electrons. The Morgan fingerprint density at radius 3 is 2.49 bits per heavy atom. The predicted octanol–water partition coefficient (Wildman–Crippen LogP) is 4.89. The molecular weight excluding hydrogens is 512 g/mol. The Morgan fingerprint density at radius 2 is 1.85 bits per heavy atom. The van der Waals surface area contributed by atoms with Gasteiger partial charge < -0.3 is 14.2 Å². The topological polar surface area (TPSA) is 79.1 Å². The van der Waals surface area contributed by atoms with Gasteiger partial charge in [0.05, 0.1) is 35.1 Å². The summed E-state index contributed by atoms with van der Waals surface area (Å²) in [5.41, 5.74) is 3.48. The Bertz CT molecular complexity index is 1580. The Kier molecular flexibility index (Phi) is 8.86. The van der Waals surface area contributed by atoms with Crippen molar-refractivity contribution in [1.82, 2.24) is 4.57 Å². The molecule has 1 aliphatic heterocycles. The third kappa shape index (κ3) is 5.91. The summed E-state index contributed by atoms with van der Waals surface area (Å²) in [5, 5.41) is 0. The molecule has 1 aliphatic rings. The van der Waals surface area contributed by atoms with Gasteiger partial charge in [0.15, 0.2) is 16.3 Å². The van der Waals surface area contributed by atoms with Crippen molar-refractivity contribution in [2.45, 2.75) is 46.6 Å². The van der Waals surface area contributed by atoms with Crippen molar-refractivity contribution in [1.29, 1.82) is 0 Å². The molecule has 0 saturated heterocycles. The highest BCUT2D eigenvalue weighted by Crippen LogP contribution is 2.32. The third-order valence-corrected chi connectivity index (χ3v) is 7.34. The quantitative estimate of drug-likeness (QED) is 0.267. The Morgan fingerprint density at radius 1 is 1.10 bits per heavy atom. The average Bonchev–Trinajstić information content (AvgIpc) is 3.21. The molecule has 0 amide bonds. The Labute approximate surface area is 232 Å². The molecule has 1 atom stereocenters. The monoisotopic (exact) mass is 546 g/mol. The first-order valence-corrected chi connectivity index (χ1v) is 13.9. The van der Waals surface area contributed by atoms with Gasteiger partial charge in [-0.05, 0) is 61.6 Å². The smallest absolute Gasteiger partial charge is 0.338 e. The lowest BCUT2D eigenvalue weighted by atomic mass is 9.93. The van der Waals surface area contributed by atoms with Gasteiger partial charge in [-0.25, -0.2) is 9.79 Å². The van der Waals surface area contributed by atoms with Crippen LogP contribution >= 0.6 is 11.3 Å². The lowest BCUT2D eigenvalue weighted by molar-refractivity contribution is -0.139. The van der Waals surface area contributed by atoms with E-state index in [0.717, 1.165) is 11.1 Å². The molecule has 0 N–H and O–H groups in total. The van der Waals surface area contributed by atoms with Crippen LogP contribution < -0.4 is 24.4 Å². The second kappa shape index (κ2) is 12.3. The van der Waals surface area contributed by atoms with Gasteiger partial charge in [-0.1, -0.05) is 68.2 Å². The molecule has 39 heavy (non-hydrogen) atoms. The molecule has 0 saturated carbocycles. The highest BCUT2D eigenvalue weighted by molar-refractivity contribution is 7.07. The molecule has 0 fully saturated rings. The predicted molar refractivity (Wildman–Crippen MR) is 154 cm³/mol. The minimum atomic E-state index is -0.641. The number of fused-ring (bicyclic) bond motifs is 1. The maximum absolute atomic E-state index is 13.9. The molecule has 2 aromatic carbocycles. The van der Waals surface area contributed by atoms with E-state index in [0.29, 0.717) is 51.2 Å². The van der Waals surface area contributed by atoms with E-state index >= 15 is 0 Å². The number of benzene rings is 2. The first-order valence-electron chi connectivity index (χ1n) is 13.1. The minimum Gasteiger partial charge on any atom is -0.490 e. The number of esters is 1. The van der Waals surface area contributed by atoms with Crippen LogP contribution in [-0.2, 0) is 9.53 Å². The summed E-state index contributed by atoms with van der Waals surface area (Å²) < 4.78 is 19.0. The normalized spacial score (nSPS) is 15.1. The first kappa shape index (κ1) is 28.1. The number of rotatable bonds is 10. The van der Waals surface area contributed by atoms with Gasteiger partial charge in [0, 0.05) is 0 Å². The van der Waals surface area contributed by atoms with Gasteiger partial charge in [0.25, 0.3) is 5.56 Å². The summed E-state index contributed by atoms with van der Waals surface area (Å²) >= 11 is 1.29. The summed E-state index contributed by atoms with van der Waals surface area (Å²) in [6, 6.07) is 12.9. The highest BCUT2D eigenvalue weighted by Gasteiger charge is 2.33. The van der Waals surface area contributed by atoms with Gasteiger partial charge in [-0.2, -0.15) is 0 Å². The standard InChI is InChI=1S/C31H34N2O5S/c1-7-16-38-24-15-10-21(17-25(24)36-8-2)18-26-29(34)33-28(23-13-11-22(12-14-23)19(4)5)27(30(35)37-9-3)20(6)32-31(33)39-26/h7,10-15,17-19,28H,1,8-9,16H2,2-6H3/b26-18-/t28-/m0/s1. The van der Waals surface area contributed by atoms with Crippen LogP contribution in [0.5, 0.6) is 11.5 Å². The van der Waals surface area contributed by atoms with Crippen LogP contribution in [0.4, 0.5) is 0 Å². The van der Waals surface area contributed by atoms with Crippen LogP contribution in [0.1, 0.15) is 63.3 Å². The van der Waals surface area contributed by atoms with Crippen LogP contribution in [0.15, 0.2) is 76.2 Å². The number of hydrogen-bond donors (Lipinski definition) is 0. The maximum atomic E-state index is 13.9. The second-order valence-electron chi connectivity index (χ2n) is 9.36. The zero-order valence-corrected chi connectivity index (χ0v) is 23.8. The number of ether oxygens (including phenoxy) is 3. The fourth-order valence-corrected chi connectivity index (χ4v) is 5.52. The van der Waals surface area contributed by atoms with E-state index in [1.165, 1.54) is 16.9 Å². The van der Waals surface area contributed by atoms with Crippen molar-refractivity contribution in [2.24, 2.45) is 4.99 Å². The molecule has 8 heteroatoms. The molecule has 0 bridgehead atoms. The van der Waals surface area contributed by atoms with Crippen molar-refractivity contribution in [2.75, 3.05) is 19.8 Å². The van der Waals surface area contributed by atoms with E-state index < -0.39 is 12.0 Å². The van der Waals surface area contributed by atoms with Crippen molar-refractivity contribution in [3.05, 3.63) is 103 Å². The van der Waals surface area contributed by atoms with Crippen LogP contribution in [0, 0.1) is 0 Å². The lowest BCUT2D eigenvalue weighted by Crippen LogP contribution is -2.39. The number of nitrogens with zero attached hydrogens (tertiary/aromatic N) is 2. The molecule has 0 aliphatic carbocycles. The molecule has 7 nitrogen and oxygen atoms in total. The SMILES string of the molecule is C=CCOc1ccc(/C=c2\sc3n(c2=O)[C@@H](c2ccc(C(C)C)cc2)C(C(=O)OCC)=C(C)N=3)cc1OCC. The number of thiazole rings is 1. The molecule has 4 rings (SSSR count). The molecular formula is C31H34N2O5S. The number of allylic oxidation sites excluding steroid dienone is 1. The van der Waals surface area contributed by atoms with Gasteiger partial charge in [0.2, 0.25) is 0 Å². The molecule has 0 radical (unpaired) electrons. The fourth-order valence-electron chi connectivity index (χ4n) is 4.47. The van der Waals surface area contributed by atoms with Gasteiger partial charge in [0.1, 0.15) is 6.61 Å². The molecule has 0 spiro atoms. The molecule has 3 aromatic rings. The molecule has 1 aromatic heterocycles. The zero-order valence-electron chi connectivity index (χ0n) is 23.0. The highest BCUT2D eigenvalue weighted by atomic mass is 32.1. The summed E-state index contributed by atoms with van der Waals surface area (Å²) in [5.74, 6) is 1.08. The fraction of sp³-hybridized carbons (Fsp3) is 0.323. The zero-order chi connectivity index (χ0) is 28.1. The van der Waals surface area contributed by atoms with E-state index in [-0.39, 0.29) is 12.2 Å². The maximum Gasteiger partial charge on any atom is 0.338 e. The number of carbonyl (C=O) groups excluding carboxylic acids is 1. The largest absolute Gasteiger partial charge is 0.490 e. The molecule has 2 heterocycles. The van der Waals surface area contributed by atoms with Crippen LogP contribution in [0.25, 0.3) is 6.08 Å². The summed E-state index contributed by atoms with van der Waals surface area (Å²) in [7, 11) is 0. The van der Waals surface area contributed by atoms with E-state index in [2.05, 4.69) is 25.4 Å². The van der Waals surface area contributed by atoms with E-state index in [4.69, 9.17) is 14.2 Å². The van der Waals surface area contributed by atoms with E-state index in [9.17, 15) is 9.59 Å². The number of carbonyl (C=O) groups is 1. The van der Waals surface area contributed by atoms with Crippen LogP contribution in [0.3, 0.4) is 0 Å². The summed E-state index contributed by atoms with van der Waals surface area (Å²) in [6.45, 7) is 14.5. The Balaban J connectivity index is 1.86. The van der Waals surface area contributed by atoms with Gasteiger partial charge >= 0.3 is 5.97 Å². The van der Waals surface area contributed by atoms with Crippen molar-refractivity contribution < 1.29 is 19.0 Å². The van der Waals surface area contributed by atoms with Crippen molar-refractivity contribution in [3.63, 3.8) is 0 Å². The average molecular weight is 547 g/mol. The summed E-state index contributed by atoms with van der Waals surface area (Å²) in [6.07, 6.45) is 3.48. The second-order valence-corrected chi connectivity index (χ2v) is 10.4. The van der Waals surface area contributed by atoms with Gasteiger partial charge in [-0.3, -0.25) is 9.36 Å². The van der Waals surface area contributed by atoms with Gasteiger partial charge in [-0.15, -0.1) is 0 Å². The molecule has 0 unspecified atom stereocenters. The Hall–Kier alpha value is -3.91. The minimum absolute atomic E-state index is 0.226. The lowest BCUT2D eigenvalue weighted by Gasteiger charge is -2.25. The van der Waals surface area contributed by atoms with Crippen LogP contribution in [0.2, 0.25) is 0 Å². The first-order chi connectivity index (χ1) is 18.8. The van der Waals surface area contributed by atoms with Crippen molar-refractivity contribution in [3.8, 4) is 11.5 Å². The summed E-state index contributed by atoms with van der Waals surface area (Å²) in [4.78, 5) is 32.2. The number of aromatic nitrogens is 1. The van der Waals surface area contributed by atoms with Crippen LogP contribution in [-0.4, -0.2) is 30.4 Å².